The molecule has 1 heterocycles. The van der Waals surface area contributed by atoms with Crippen LogP contribution < -0.4 is 15.5 Å². The van der Waals surface area contributed by atoms with Gasteiger partial charge in [-0.1, -0.05) is 24.0 Å². The number of nitrogens with one attached hydrogen (secondary N) is 2. The van der Waals surface area contributed by atoms with Crippen LogP contribution in [0.5, 0.6) is 0 Å². The summed E-state index contributed by atoms with van der Waals surface area (Å²) in [5, 5.41) is 5.30. The van der Waals surface area contributed by atoms with E-state index in [0.29, 0.717) is 13.1 Å². The van der Waals surface area contributed by atoms with E-state index in [1.54, 1.807) is 11.0 Å². The summed E-state index contributed by atoms with van der Waals surface area (Å²) in [6.07, 6.45) is 0. The zero-order valence-electron chi connectivity index (χ0n) is 13.4. The second-order valence-electron chi connectivity index (χ2n) is 5.39. The van der Waals surface area contributed by atoms with Gasteiger partial charge >= 0.3 is 6.03 Å². The number of hydrogen-bond acceptors (Lipinski definition) is 2. The Kier molecular flexibility index (Phi) is 4.95. The fourth-order valence-electron chi connectivity index (χ4n) is 2.45. The monoisotopic (exact) mass is 337 g/mol. The highest BCUT2D eigenvalue weighted by atomic mass is 19.1. The van der Waals surface area contributed by atoms with Crippen molar-refractivity contribution in [3.8, 4) is 11.8 Å². The molecule has 5 nitrogen and oxygen atoms in total. The van der Waals surface area contributed by atoms with E-state index in [-0.39, 0.29) is 18.1 Å². The smallest absolute Gasteiger partial charge is 0.321 e. The first-order valence-corrected chi connectivity index (χ1v) is 7.82. The highest BCUT2D eigenvalue weighted by molar-refractivity contribution is 5.94. The van der Waals surface area contributed by atoms with Gasteiger partial charge in [-0.3, -0.25) is 9.69 Å². The molecule has 0 unspecified atom stereocenters. The average molecular weight is 337 g/mol. The Labute approximate surface area is 144 Å². The summed E-state index contributed by atoms with van der Waals surface area (Å²) in [5.74, 6) is 4.68. The number of amides is 3. The normalized spacial score (nSPS) is 13.0. The number of carbonyl (C=O) groups excluding carboxylic acids is 2. The lowest BCUT2D eigenvalue weighted by atomic mass is 10.2. The van der Waals surface area contributed by atoms with Crippen LogP contribution in [0.3, 0.4) is 0 Å². The van der Waals surface area contributed by atoms with Crippen molar-refractivity contribution in [3.63, 3.8) is 0 Å². The summed E-state index contributed by atoms with van der Waals surface area (Å²) >= 11 is 0. The van der Waals surface area contributed by atoms with Crippen LogP contribution in [0, 0.1) is 17.7 Å². The fraction of sp³-hybridized carbons (Fsp3) is 0.158. The van der Waals surface area contributed by atoms with Crippen LogP contribution in [0.1, 0.15) is 15.9 Å². The Morgan fingerprint density at radius 3 is 2.64 bits per heavy atom. The van der Waals surface area contributed by atoms with Crippen LogP contribution >= 0.6 is 0 Å². The molecule has 25 heavy (non-hydrogen) atoms. The Morgan fingerprint density at radius 1 is 1.20 bits per heavy atom. The molecule has 3 rings (SSSR count). The van der Waals surface area contributed by atoms with Crippen molar-refractivity contribution in [2.24, 2.45) is 0 Å². The summed E-state index contributed by atoms with van der Waals surface area (Å²) in [4.78, 5) is 25.1. The van der Waals surface area contributed by atoms with E-state index < -0.39 is 11.7 Å². The lowest BCUT2D eigenvalue weighted by Gasteiger charge is -2.13. The topological polar surface area (TPSA) is 61.4 Å². The number of anilines is 1. The molecule has 2 N–H and O–H groups in total. The van der Waals surface area contributed by atoms with Gasteiger partial charge in [-0.25, -0.2) is 9.18 Å². The molecule has 0 atom stereocenters. The minimum Gasteiger partial charge on any atom is -0.341 e. The van der Waals surface area contributed by atoms with E-state index in [0.717, 1.165) is 11.3 Å². The number of hydrogen-bond donors (Lipinski definition) is 2. The molecule has 2 aromatic rings. The van der Waals surface area contributed by atoms with Crippen LogP contribution in [0.4, 0.5) is 14.9 Å². The van der Waals surface area contributed by atoms with Crippen molar-refractivity contribution >= 4 is 17.6 Å². The quantitative estimate of drug-likeness (QED) is 0.843. The van der Waals surface area contributed by atoms with Gasteiger partial charge in [0.2, 0.25) is 0 Å². The van der Waals surface area contributed by atoms with E-state index in [1.807, 2.05) is 24.3 Å². The van der Waals surface area contributed by atoms with Crippen molar-refractivity contribution in [1.29, 1.82) is 0 Å². The van der Waals surface area contributed by atoms with Gasteiger partial charge in [0.05, 0.1) is 12.1 Å². The number of urea groups is 1. The van der Waals surface area contributed by atoms with Crippen LogP contribution in [-0.4, -0.2) is 31.6 Å². The Bertz CT molecular complexity index is 853. The zero-order valence-corrected chi connectivity index (χ0v) is 13.4. The van der Waals surface area contributed by atoms with Crippen LogP contribution in [0.15, 0.2) is 48.5 Å². The standard InChI is InChI=1S/C19H16FN3O2/c20-17-6-2-1-5-16(17)18(24)21-11-3-4-14-7-9-15(10-8-14)23-13-12-22-19(23)25/h1-2,5-10H,11-13H2,(H,21,24)(H,22,25). The van der Waals surface area contributed by atoms with Crippen molar-refractivity contribution in [3.05, 3.63) is 65.5 Å². The van der Waals surface area contributed by atoms with E-state index >= 15 is 0 Å². The predicted octanol–water partition coefficient (Wildman–Crippen LogP) is 2.14. The predicted molar refractivity (Wildman–Crippen MR) is 92.8 cm³/mol. The lowest BCUT2D eigenvalue weighted by molar-refractivity contribution is 0.0954. The van der Waals surface area contributed by atoms with Crippen molar-refractivity contribution in [2.75, 3.05) is 24.5 Å². The highest BCUT2D eigenvalue weighted by Gasteiger charge is 2.20. The fourth-order valence-corrected chi connectivity index (χ4v) is 2.45. The van der Waals surface area contributed by atoms with Gasteiger partial charge in [-0.15, -0.1) is 0 Å². The first-order valence-electron chi connectivity index (χ1n) is 7.82. The third kappa shape index (κ3) is 3.96. The highest BCUT2D eigenvalue weighted by Crippen LogP contribution is 2.16. The van der Waals surface area contributed by atoms with E-state index in [9.17, 15) is 14.0 Å². The maximum atomic E-state index is 13.5. The Hall–Kier alpha value is -3.33. The third-order valence-electron chi connectivity index (χ3n) is 3.72. The van der Waals surface area contributed by atoms with Crippen LogP contribution in [0.2, 0.25) is 0 Å². The molecule has 0 bridgehead atoms. The molecule has 0 spiro atoms. The molecule has 126 valence electrons. The van der Waals surface area contributed by atoms with E-state index in [1.165, 1.54) is 18.2 Å². The molecule has 0 saturated carbocycles. The molecule has 1 aliphatic heterocycles. The molecule has 3 amide bonds. The third-order valence-corrected chi connectivity index (χ3v) is 3.72. The van der Waals surface area contributed by atoms with Gasteiger partial charge in [-0.05, 0) is 36.4 Å². The maximum absolute atomic E-state index is 13.5. The summed E-state index contributed by atoms with van der Waals surface area (Å²) < 4.78 is 13.5. The average Bonchev–Trinajstić information content (AvgIpc) is 3.05. The summed E-state index contributed by atoms with van der Waals surface area (Å²) in [5.41, 5.74) is 1.58. The molecule has 1 saturated heterocycles. The van der Waals surface area contributed by atoms with Gasteiger partial charge in [0.15, 0.2) is 0 Å². The Balaban J connectivity index is 1.56. The molecular weight excluding hydrogens is 321 g/mol. The molecule has 0 aromatic heterocycles. The maximum Gasteiger partial charge on any atom is 0.321 e. The number of rotatable bonds is 3. The number of nitrogens with zero attached hydrogens (tertiary/aromatic N) is 1. The lowest BCUT2D eigenvalue weighted by Crippen LogP contribution is -2.27. The van der Waals surface area contributed by atoms with Crippen LogP contribution in [-0.2, 0) is 0 Å². The summed E-state index contributed by atoms with van der Waals surface area (Å²) in [6, 6.07) is 13.0. The molecule has 0 radical (unpaired) electrons. The van der Waals surface area contributed by atoms with Crippen molar-refractivity contribution < 1.29 is 14.0 Å². The first kappa shape index (κ1) is 16.5. The molecule has 2 aromatic carbocycles. The van der Waals surface area contributed by atoms with Gasteiger partial charge in [0.25, 0.3) is 5.91 Å². The van der Waals surface area contributed by atoms with Gasteiger partial charge in [0, 0.05) is 24.3 Å². The van der Waals surface area contributed by atoms with E-state index in [2.05, 4.69) is 22.5 Å². The first-order chi connectivity index (χ1) is 12.1. The largest absolute Gasteiger partial charge is 0.341 e. The van der Waals surface area contributed by atoms with Crippen LogP contribution in [0.25, 0.3) is 0 Å². The second kappa shape index (κ2) is 7.49. The van der Waals surface area contributed by atoms with E-state index in [4.69, 9.17) is 0 Å². The van der Waals surface area contributed by atoms with Crippen molar-refractivity contribution in [1.82, 2.24) is 10.6 Å². The molecule has 6 heteroatoms. The number of halogens is 1. The Morgan fingerprint density at radius 2 is 1.96 bits per heavy atom. The molecule has 1 aliphatic rings. The summed E-state index contributed by atoms with van der Waals surface area (Å²) in [7, 11) is 0. The molecule has 1 fully saturated rings. The van der Waals surface area contributed by atoms with Gasteiger partial charge in [0.1, 0.15) is 5.82 Å². The zero-order chi connectivity index (χ0) is 17.6. The van der Waals surface area contributed by atoms with Crippen molar-refractivity contribution in [2.45, 2.75) is 0 Å². The minimum atomic E-state index is -0.561. The number of carbonyl (C=O) groups is 2. The number of benzene rings is 2. The summed E-state index contributed by atoms with van der Waals surface area (Å²) in [6.45, 7) is 1.40. The minimum absolute atomic E-state index is 0.00228. The second-order valence-corrected chi connectivity index (χ2v) is 5.39. The molecular formula is C19H16FN3O2. The molecule has 0 aliphatic carbocycles. The van der Waals surface area contributed by atoms with Gasteiger partial charge < -0.3 is 10.6 Å². The SMILES string of the molecule is O=C(NCC#Cc1ccc(N2CCNC2=O)cc1)c1ccccc1F. The van der Waals surface area contributed by atoms with Gasteiger partial charge in [-0.2, -0.15) is 0 Å².